The lowest BCUT2D eigenvalue weighted by atomic mass is 10.1. The Kier molecular flexibility index (Phi) is 7.38. The van der Waals surface area contributed by atoms with Crippen LogP contribution in [0.3, 0.4) is 0 Å². The van der Waals surface area contributed by atoms with Crippen LogP contribution in [0.25, 0.3) is 10.9 Å². The standard InChI is InChI=1S/C22H22F4N6O3/c23-15-2-3-16-14(1-4-18(31-16)30-12-33)19(15)20(34)27-11-17(32-5-7-35-8-6-32)13-9-28-21(29-10-13)22(24,25)26/h1-4,9-10,17,33H,5-8,11-12H2,(H,27,34)(H,30,31). The first-order chi connectivity index (χ1) is 16.8. The van der Waals surface area contributed by atoms with Crippen molar-refractivity contribution in [2.45, 2.75) is 12.2 Å². The number of nitrogens with one attached hydrogen (secondary N) is 2. The van der Waals surface area contributed by atoms with Crippen LogP contribution in [0.5, 0.6) is 0 Å². The van der Waals surface area contributed by atoms with E-state index in [1.807, 2.05) is 4.90 Å². The Morgan fingerprint density at radius 3 is 2.51 bits per heavy atom. The predicted octanol–water partition coefficient (Wildman–Crippen LogP) is 2.35. The van der Waals surface area contributed by atoms with E-state index in [1.165, 1.54) is 18.2 Å². The van der Waals surface area contributed by atoms with Crippen molar-refractivity contribution in [3.05, 3.63) is 59.4 Å². The number of halogens is 4. The van der Waals surface area contributed by atoms with Crippen molar-refractivity contribution in [2.24, 2.45) is 0 Å². The smallest absolute Gasteiger partial charge is 0.379 e. The molecule has 13 heteroatoms. The Hall–Kier alpha value is -3.42. The molecule has 0 bridgehead atoms. The van der Waals surface area contributed by atoms with Crippen LogP contribution in [0.2, 0.25) is 0 Å². The van der Waals surface area contributed by atoms with Crippen LogP contribution in [0.4, 0.5) is 23.4 Å². The highest BCUT2D eigenvalue weighted by Gasteiger charge is 2.35. The maximum atomic E-state index is 14.7. The number of aromatic nitrogens is 3. The first-order valence-corrected chi connectivity index (χ1v) is 10.7. The SMILES string of the molecule is O=C(NCC(c1cnc(C(F)(F)F)nc1)N1CCOCC1)c1c(F)ccc2nc(NCO)ccc12. The summed E-state index contributed by atoms with van der Waals surface area (Å²) in [6, 6.07) is 5.00. The van der Waals surface area contributed by atoms with Gasteiger partial charge in [0.1, 0.15) is 18.4 Å². The summed E-state index contributed by atoms with van der Waals surface area (Å²) in [7, 11) is 0. The van der Waals surface area contributed by atoms with Crippen LogP contribution in [0, 0.1) is 5.82 Å². The molecule has 0 saturated carbocycles. The largest absolute Gasteiger partial charge is 0.451 e. The third-order valence-corrected chi connectivity index (χ3v) is 5.56. The monoisotopic (exact) mass is 494 g/mol. The molecular formula is C22H22F4N6O3. The number of amides is 1. The summed E-state index contributed by atoms with van der Waals surface area (Å²) in [6.45, 7) is 1.42. The van der Waals surface area contributed by atoms with Crippen molar-refractivity contribution in [3.63, 3.8) is 0 Å². The van der Waals surface area contributed by atoms with E-state index >= 15 is 0 Å². The Morgan fingerprint density at radius 1 is 1.14 bits per heavy atom. The lowest BCUT2D eigenvalue weighted by molar-refractivity contribution is -0.145. The van der Waals surface area contributed by atoms with E-state index < -0.39 is 29.8 Å². The van der Waals surface area contributed by atoms with E-state index in [9.17, 15) is 22.4 Å². The molecule has 3 N–H and O–H groups in total. The molecule has 1 amide bonds. The number of anilines is 1. The van der Waals surface area contributed by atoms with Gasteiger partial charge in [-0.05, 0) is 24.3 Å². The Bertz CT molecular complexity index is 1190. The molecule has 1 unspecified atom stereocenters. The summed E-state index contributed by atoms with van der Waals surface area (Å²) >= 11 is 0. The number of aliphatic hydroxyl groups excluding tert-OH is 1. The molecule has 1 saturated heterocycles. The van der Waals surface area contributed by atoms with Gasteiger partial charge in [0.25, 0.3) is 5.91 Å². The van der Waals surface area contributed by atoms with E-state index in [1.54, 1.807) is 0 Å². The number of carbonyl (C=O) groups is 1. The maximum absolute atomic E-state index is 14.7. The lowest BCUT2D eigenvalue weighted by Crippen LogP contribution is -2.44. The number of hydrogen-bond donors (Lipinski definition) is 3. The second kappa shape index (κ2) is 10.5. The average molecular weight is 494 g/mol. The summed E-state index contributed by atoms with van der Waals surface area (Å²) in [5.41, 5.74) is 0.505. The zero-order valence-corrected chi connectivity index (χ0v) is 18.3. The number of fused-ring (bicyclic) bond motifs is 1. The minimum Gasteiger partial charge on any atom is -0.379 e. The summed E-state index contributed by atoms with van der Waals surface area (Å²) in [5, 5.41) is 14.6. The molecule has 1 aliphatic heterocycles. The van der Waals surface area contributed by atoms with Crippen molar-refractivity contribution < 1.29 is 32.2 Å². The van der Waals surface area contributed by atoms with Crippen LogP contribution in [-0.2, 0) is 10.9 Å². The van der Waals surface area contributed by atoms with Gasteiger partial charge in [-0.15, -0.1) is 0 Å². The van der Waals surface area contributed by atoms with Gasteiger partial charge < -0.3 is 20.5 Å². The molecule has 0 radical (unpaired) electrons. The van der Waals surface area contributed by atoms with Gasteiger partial charge in [0.05, 0.1) is 30.3 Å². The van der Waals surface area contributed by atoms with Crippen LogP contribution >= 0.6 is 0 Å². The van der Waals surface area contributed by atoms with E-state index in [4.69, 9.17) is 9.84 Å². The highest BCUT2D eigenvalue weighted by atomic mass is 19.4. The molecule has 1 fully saturated rings. The second-order valence-electron chi connectivity index (χ2n) is 7.73. The number of aliphatic hydroxyl groups is 1. The molecule has 0 spiro atoms. The van der Waals surface area contributed by atoms with E-state index in [0.29, 0.717) is 43.2 Å². The van der Waals surface area contributed by atoms with Gasteiger partial charge in [0.2, 0.25) is 5.82 Å². The summed E-state index contributed by atoms with van der Waals surface area (Å²) in [6.07, 6.45) is -2.51. The predicted molar refractivity (Wildman–Crippen MR) is 117 cm³/mol. The van der Waals surface area contributed by atoms with Crippen molar-refractivity contribution in [1.29, 1.82) is 0 Å². The third kappa shape index (κ3) is 5.63. The van der Waals surface area contributed by atoms with Crippen LogP contribution in [-0.4, -0.2) is 70.4 Å². The van der Waals surface area contributed by atoms with Gasteiger partial charge in [-0.1, -0.05) is 0 Å². The number of nitrogens with zero attached hydrogens (tertiary/aromatic N) is 4. The zero-order chi connectivity index (χ0) is 25.0. The van der Waals surface area contributed by atoms with Crippen LogP contribution < -0.4 is 10.6 Å². The van der Waals surface area contributed by atoms with E-state index in [0.717, 1.165) is 18.5 Å². The van der Waals surface area contributed by atoms with E-state index in [2.05, 4.69) is 25.6 Å². The number of alkyl halides is 3. The number of benzene rings is 1. The third-order valence-electron chi connectivity index (χ3n) is 5.56. The maximum Gasteiger partial charge on any atom is 0.451 e. The molecule has 1 aliphatic rings. The average Bonchev–Trinajstić information content (AvgIpc) is 2.85. The number of rotatable bonds is 7. The minimum atomic E-state index is -4.67. The number of hydrogen-bond acceptors (Lipinski definition) is 8. The molecule has 0 aliphatic carbocycles. The second-order valence-corrected chi connectivity index (χ2v) is 7.73. The number of ether oxygens (including phenoxy) is 1. The van der Waals surface area contributed by atoms with Crippen LogP contribution in [0.15, 0.2) is 36.7 Å². The molecule has 2 aromatic heterocycles. The molecule has 35 heavy (non-hydrogen) atoms. The fourth-order valence-corrected chi connectivity index (χ4v) is 3.87. The molecule has 9 nitrogen and oxygen atoms in total. The Morgan fingerprint density at radius 2 is 1.86 bits per heavy atom. The van der Waals surface area contributed by atoms with Gasteiger partial charge in [-0.3, -0.25) is 9.69 Å². The number of pyridine rings is 1. The van der Waals surface area contributed by atoms with Crippen molar-refractivity contribution >= 4 is 22.6 Å². The summed E-state index contributed by atoms with van der Waals surface area (Å²) in [5.74, 6) is -2.36. The normalized spacial score (nSPS) is 15.7. The number of carbonyl (C=O) groups excluding carboxylic acids is 1. The van der Waals surface area contributed by atoms with Crippen molar-refractivity contribution in [2.75, 3.05) is 44.9 Å². The minimum absolute atomic E-state index is 0.0268. The highest BCUT2D eigenvalue weighted by Crippen LogP contribution is 2.28. The topological polar surface area (TPSA) is 113 Å². The van der Waals surface area contributed by atoms with Gasteiger partial charge >= 0.3 is 6.18 Å². The summed E-state index contributed by atoms with van der Waals surface area (Å²) < 4.78 is 58.7. The molecule has 1 aromatic carbocycles. The van der Waals surface area contributed by atoms with Gasteiger partial charge in [0.15, 0.2) is 0 Å². The molecule has 186 valence electrons. The zero-order valence-electron chi connectivity index (χ0n) is 18.3. The summed E-state index contributed by atoms with van der Waals surface area (Å²) in [4.78, 5) is 26.1. The molecule has 3 aromatic rings. The van der Waals surface area contributed by atoms with Gasteiger partial charge in [-0.25, -0.2) is 19.3 Å². The molecule has 4 rings (SSSR count). The van der Waals surface area contributed by atoms with Crippen molar-refractivity contribution in [3.8, 4) is 0 Å². The first kappa shape index (κ1) is 24.7. The Balaban J connectivity index is 1.58. The fourth-order valence-electron chi connectivity index (χ4n) is 3.87. The van der Waals surface area contributed by atoms with E-state index in [-0.39, 0.29) is 24.2 Å². The number of morpholine rings is 1. The van der Waals surface area contributed by atoms with Gasteiger partial charge in [0, 0.05) is 43.0 Å². The molecule has 1 atom stereocenters. The lowest BCUT2D eigenvalue weighted by Gasteiger charge is -2.34. The Labute approximate surface area is 197 Å². The highest BCUT2D eigenvalue weighted by molar-refractivity contribution is 6.06. The van der Waals surface area contributed by atoms with Crippen molar-refractivity contribution in [1.82, 2.24) is 25.2 Å². The van der Waals surface area contributed by atoms with Crippen LogP contribution in [0.1, 0.15) is 27.8 Å². The molecular weight excluding hydrogens is 472 g/mol. The quantitative estimate of drug-likeness (QED) is 0.339. The molecule has 3 heterocycles. The fraction of sp³-hybridized carbons (Fsp3) is 0.364. The first-order valence-electron chi connectivity index (χ1n) is 10.7. The van der Waals surface area contributed by atoms with Gasteiger partial charge in [-0.2, -0.15) is 13.2 Å².